The second kappa shape index (κ2) is 8.60. The van der Waals surface area contributed by atoms with Gasteiger partial charge < -0.3 is 20.3 Å². The number of hydrogen-bond donors (Lipinski definition) is 2. The van der Waals surface area contributed by atoms with Crippen LogP contribution in [0.3, 0.4) is 0 Å². The number of rotatable bonds is 4. The fraction of sp³-hybridized carbons (Fsp3) is 0.667. The number of carbonyl (C=O) groups is 2. The molecule has 2 amide bonds. The summed E-state index contributed by atoms with van der Waals surface area (Å²) in [6.07, 6.45) is 0.370. The molecule has 0 saturated carbocycles. The number of alkyl halides is 6. The van der Waals surface area contributed by atoms with E-state index in [4.69, 9.17) is 74.3 Å². The number of halogens is 6. The van der Waals surface area contributed by atoms with Crippen molar-refractivity contribution >= 4 is 81.4 Å². The van der Waals surface area contributed by atoms with Crippen LogP contribution in [-0.4, -0.2) is 49.7 Å². The molecule has 1 heterocycles. The molecule has 2 unspecified atom stereocenters. The lowest BCUT2D eigenvalue weighted by atomic mass is 10.3. The van der Waals surface area contributed by atoms with Gasteiger partial charge in [-0.25, -0.2) is 0 Å². The third kappa shape index (κ3) is 6.73. The molecule has 0 spiro atoms. The Labute approximate surface area is 169 Å². The van der Waals surface area contributed by atoms with Crippen LogP contribution in [-0.2, 0) is 14.3 Å². The maximum absolute atomic E-state index is 11.4. The summed E-state index contributed by atoms with van der Waals surface area (Å²) in [5.74, 6) is -0.616. The molecule has 1 aliphatic rings. The molecule has 2 atom stereocenters. The van der Waals surface area contributed by atoms with E-state index in [9.17, 15) is 9.59 Å². The second-order valence-electron chi connectivity index (χ2n) is 4.91. The molecule has 138 valence electrons. The minimum atomic E-state index is -1.85. The monoisotopic (exact) mass is 459 g/mol. The Morgan fingerprint density at radius 1 is 1.08 bits per heavy atom. The maximum Gasteiger partial charge on any atom is 0.228 e. The molecule has 2 N–H and O–H groups in total. The van der Waals surface area contributed by atoms with Gasteiger partial charge in [-0.2, -0.15) is 0 Å². The molecule has 0 aromatic carbocycles. The van der Waals surface area contributed by atoms with Gasteiger partial charge in [0.15, 0.2) is 12.0 Å². The largest absolute Gasteiger partial charge is 0.477 e. The fourth-order valence-electron chi connectivity index (χ4n) is 1.95. The van der Waals surface area contributed by atoms with Crippen LogP contribution in [0.5, 0.6) is 0 Å². The van der Waals surface area contributed by atoms with Crippen LogP contribution in [0.25, 0.3) is 0 Å². The highest BCUT2D eigenvalue weighted by molar-refractivity contribution is 6.68. The summed E-state index contributed by atoms with van der Waals surface area (Å²) in [5.41, 5.74) is 0. The zero-order chi connectivity index (χ0) is 18.7. The van der Waals surface area contributed by atoms with Gasteiger partial charge in [0.05, 0.1) is 12.6 Å². The standard InChI is InChI=1S/C12H15Cl6N3O3/c1-6(22)19-8(11(13,14)15)5-9-21(3-4-24-9)10(12(16,17)18)20-7(2)23/h5,8,10H,3-4H2,1-2H3,(H,19,22)(H,20,23)/b9-5-. The summed E-state index contributed by atoms with van der Waals surface area (Å²) in [5, 5.41) is 5.01. The lowest BCUT2D eigenvalue weighted by Crippen LogP contribution is -2.54. The molecule has 1 saturated heterocycles. The minimum Gasteiger partial charge on any atom is -0.477 e. The van der Waals surface area contributed by atoms with Gasteiger partial charge in [0.25, 0.3) is 0 Å². The van der Waals surface area contributed by atoms with Crippen molar-refractivity contribution in [2.75, 3.05) is 13.2 Å². The van der Waals surface area contributed by atoms with Crippen LogP contribution in [0.1, 0.15) is 13.8 Å². The zero-order valence-corrected chi connectivity index (χ0v) is 17.1. The summed E-state index contributed by atoms with van der Waals surface area (Å²) in [6, 6.07) is -0.996. The fourth-order valence-corrected chi connectivity index (χ4v) is 2.82. The average Bonchev–Trinajstić information content (AvgIpc) is 2.79. The Morgan fingerprint density at radius 3 is 2.04 bits per heavy atom. The normalized spacial score (nSPS) is 19.7. The molecular weight excluding hydrogens is 447 g/mol. The van der Waals surface area contributed by atoms with Gasteiger partial charge >= 0.3 is 0 Å². The summed E-state index contributed by atoms with van der Waals surface area (Å²) in [7, 11) is 0. The van der Waals surface area contributed by atoms with Gasteiger partial charge in [-0.3, -0.25) is 9.59 Å². The van der Waals surface area contributed by atoms with Crippen LogP contribution in [0.15, 0.2) is 12.0 Å². The van der Waals surface area contributed by atoms with Gasteiger partial charge in [-0.05, 0) is 0 Å². The summed E-state index contributed by atoms with van der Waals surface area (Å²) < 4.78 is 1.78. The first kappa shape index (κ1) is 22.1. The van der Waals surface area contributed by atoms with Crippen LogP contribution in [0.2, 0.25) is 0 Å². The molecule has 1 aliphatic heterocycles. The number of nitrogens with one attached hydrogen (secondary N) is 2. The van der Waals surface area contributed by atoms with E-state index < -0.39 is 31.6 Å². The highest BCUT2D eigenvalue weighted by atomic mass is 35.6. The van der Waals surface area contributed by atoms with Crippen molar-refractivity contribution in [3.63, 3.8) is 0 Å². The van der Waals surface area contributed by atoms with E-state index in [0.29, 0.717) is 6.54 Å². The van der Waals surface area contributed by atoms with Gasteiger partial charge in [-0.15, -0.1) is 0 Å². The van der Waals surface area contributed by atoms with Gasteiger partial charge in [0, 0.05) is 19.9 Å². The molecule has 6 nitrogen and oxygen atoms in total. The van der Waals surface area contributed by atoms with Crippen LogP contribution < -0.4 is 10.6 Å². The van der Waals surface area contributed by atoms with E-state index in [1.807, 2.05) is 0 Å². The van der Waals surface area contributed by atoms with Gasteiger partial charge in [0.1, 0.15) is 6.61 Å². The molecule has 0 aliphatic carbocycles. The van der Waals surface area contributed by atoms with Crippen molar-refractivity contribution in [1.29, 1.82) is 0 Å². The number of ether oxygens (including phenoxy) is 1. The number of nitrogens with zero attached hydrogens (tertiary/aromatic N) is 1. The molecular formula is C12H15Cl6N3O3. The molecule has 0 bridgehead atoms. The maximum atomic E-state index is 11.4. The predicted octanol–water partition coefficient (Wildman–Crippen LogP) is 2.87. The Kier molecular flexibility index (Phi) is 7.91. The second-order valence-corrected chi connectivity index (χ2v) is 9.65. The predicted molar refractivity (Wildman–Crippen MR) is 96.5 cm³/mol. The molecule has 0 aromatic rings. The van der Waals surface area contributed by atoms with Crippen molar-refractivity contribution in [3.8, 4) is 0 Å². The topological polar surface area (TPSA) is 70.7 Å². The van der Waals surface area contributed by atoms with Crippen molar-refractivity contribution in [2.45, 2.75) is 33.6 Å². The summed E-state index contributed by atoms with van der Waals surface area (Å²) in [4.78, 5) is 24.2. The van der Waals surface area contributed by atoms with Crippen molar-refractivity contribution < 1.29 is 14.3 Å². The molecule has 1 rings (SSSR count). The molecule has 0 radical (unpaired) electrons. The third-order valence-corrected chi connectivity index (χ3v) is 4.17. The molecule has 0 aromatic heterocycles. The van der Waals surface area contributed by atoms with Gasteiger partial charge in [0.2, 0.25) is 19.4 Å². The Bertz CT molecular complexity index is 517. The summed E-state index contributed by atoms with van der Waals surface area (Å²) >= 11 is 35.4. The van der Waals surface area contributed by atoms with E-state index in [1.54, 1.807) is 0 Å². The average molecular weight is 462 g/mol. The van der Waals surface area contributed by atoms with Crippen LogP contribution in [0.4, 0.5) is 0 Å². The number of amides is 2. The zero-order valence-electron chi connectivity index (χ0n) is 12.6. The van der Waals surface area contributed by atoms with Crippen LogP contribution in [0, 0.1) is 0 Å². The van der Waals surface area contributed by atoms with Crippen LogP contribution >= 0.6 is 69.6 Å². The van der Waals surface area contributed by atoms with Gasteiger partial charge in [-0.1, -0.05) is 69.6 Å². The number of carbonyl (C=O) groups excluding carboxylic acids is 2. The van der Waals surface area contributed by atoms with E-state index in [0.717, 1.165) is 0 Å². The van der Waals surface area contributed by atoms with E-state index in [1.165, 1.54) is 24.8 Å². The Morgan fingerprint density at radius 2 is 1.62 bits per heavy atom. The Balaban J connectivity index is 3.15. The third-order valence-electron chi connectivity index (χ3n) is 2.85. The van der Waals surface area contributed by atoms with E-state index >= 15 is 0 Å². The first-order chi connectivity index (χ1) is 10.8. The van der Waals surface area contributed by atoms with Crippen molar-refractivity contribution in [2.24, 2.45) is 0 Å². The lowest BCUT2D eigenvalue weighted by molar-refractivity contribution is -0.121. The minimum absolute atomic E-state index is 0.199. The van der Waals surface area contributed by atoms with E-state index in [2.05, 4.69) is 10.6 Å². The molecule has 24 heavy (non-hydrogen) atoms. The quantitative estimate of drug-likeness (QED) is 0.631. The van der Waals surface area contributed by atoms with Crippen molar-refractivity contribution in [1.82, 2.24) is 15.5 Å². The first-order valence-electron chi connectivity index (χ1n) is 6.61. The number of hydrogen-bond acceptors (Lipinski definition) is 4. The highest BCUT2D eigenvalue weighted by Gasteiger charge is 2.42. The smallest absolute Gasteiger partial charge is 0.228 e. The molecule has 12 heteroatoms. The van der Waals surface area contributed by atoms with Crippen molar-refractivity contribution in [3.05, 3.63) is 12.0 Å². The first-order valence-corrected chi connectivity index (χ1v) is 8.88. The van der Waals surface area contributed by atoms with E-state index in [-0.39, 0.29) is 12.5 Å². The lowest BCUT2D eigenvalue weighted by Gasteiger charge is -2.34. The highest BCUT2D eigenvalue weighted by Crippen LogP contribution is 2.37. The molecule has 1 fully saturated rings. The Hall–Kier alpha value is 0.0200. The SMILES string of the molecule is CC(=O)NC(/C=C1\OCCN1C(NC(C)=O)C(Cl)(Cl)Cl)C(Cl)(Cl)Cl. The summed E-state index contributed by atoms with van der Waals surface area (Å²) in [6.45, 7) is 3.13.